The fraction of sp³-hybridized carbons (Fsp3) is 0.500. The predicted molar refractivity (Wildman–Crippen MR) is 136 cm³/mol. The maximum absolute atomic E-state index is 12.9. The van der Waals surface area contributed by atoms with Gasteiger partial charge in [-0.05, 0) is 24.1 Å². The zero-order valence-corrected chi connectivity index (χ0v) is 22.4. The first-order valence-corrected chi connectivity index (χ1v) is 13.1. The molecule has 2 saturated heterocycles. The van der Waals surface area contributed by atoms with Crippen molar-refractivity contribution in [3.63, 3.8) is 0 Å². The Labute approximate surface area is 239 Å². The molecule has 2 unspecified atom stereocenters. The molecule has 2 aliphatic heterocycles. The number of aliphatic hydroxyl groups is 1. The average molecular weight is 594 g/mol. The molecule has 228 valence electrons. The van der Waals surface area contributed by atoms with Crippen LogP contribution in [0.15, 0.2) is 18.2 Å². The first-order chi connectivity index (χ1) is 20.1. The highest BCUT2D eigenvalue weighted by Crippen LogP contribution is 2.27. The Morgan fingerprint density at radius 3 is 2.45 bits per heavy atom. The van der Waals surface area contributed by atoms with Crippen LogP contribution in [0.25, 0.3) is 0 Å². The number of ether oxygens (including phenoxy) is 3. The van der Waals surface area contributed by atoms with Crippen LogP contribution in [0.5, 0.6) is 5.75 Å². The van der Waals surface area contributed by atoms with Crippen molar-refractivity contribution in [2.24, 2.45) is 0 Å². The molecule has 42 heavy (non-hydrogen) atoms. The van der Waals surface area contributed by atoms with Gasteiger partial charge in [0.1, 0.15) is 12.4 Å². The molecule has 0 bridgehead atoms. The second kappa shape index (κ2) is 15.4. The molecule has 16 heteroatoms. The molecule has 0 saturated carbocycles. The van der Waals surface area contributed by atoms with E-state index in [-0.39, 0.29) is 82.4 Å². The summed E-state index contributed by atoms with van der Waals surface area (Å²) in [7, 11) is 0. The first kappa shape index (κ1) is 32.0. The highest BCUT2D eigenvalue weighted by atomic mass is 16.7. The molecule has 0 aliphatic carbocycles. The summed E-state index contributed by atoms with van der Waals surface area (Å²) in [6.07, 6.45) is -3.75. The van der Waals surface area contributed by atoms with Crippen LogP contribution >= 0.6 is 0 Å². The molecule has 0 radical (unpaired) electrons. The number of hydrogen-bond donors (Lipinski definition) is 4. The number of carboxylic acid groups (broad SMARTS) is 1. The predicted octanol–water partition coefficient (Wildman–Crippen LogP) is -0.687. The molecule has 2 aliphatic rings. The van der Waals surface area contributed by atoms with Crippen molar-refractivity contribution in [1.29, 1.82) is 0 Å². The van der Waals surface area contributed by atoms with Gasteiger partial charge in [-0.2, -0.15) is 0 Å². The van der Waals surface area contributed by atoms with Crippen LogP contribution in [-0.4, -0.2) is 88.9 Å². The third-order valence-corrected chi connectivity index (χ3v) is 6.12. The lowest BCUT2D eigenvalue weighted by Gasteiger charge is -2.31. The number of carbonyl (C=O) groups excluding carboxylic acids is 6. The molecule has 2 heterocycles. The summed E-state index contributed by atoms with van der Waals surface area (Å²) in [5, 5.41) is 24.8. The summed E-state index contributed by atoms with van der Waals surface area (Å²) >= 11 is 0. The van der Waals surface area contributed by atoms with Gasteiger partial charge in [0.25, 0.3) is 24.2 Å². The number of aliphatic hydroxyl groups excluding tert-OH is 1. The van der Waals surface area contributed by atoms with E-state index in [2.05, 4.69) is 10.6 Å². The Bertz CT molecular complexity index is 1190. The van der Waals surface area contributed by atoms with Gasteiger partial charge in [-0.3, -0.25) is 24.0 Å². The molecule has 0 aromatic heterocycles. The van der Waals surface area contributed by atoms with Crippen LogP contribution in [0.3, 0.4) is 0 Å². The van der Waals surface area contributed by atoms with Crippen LogP contribution in [0.2, 0.25) is 0 Å². The van der Waals surface area contributed by atoms with Gasteiger partial charge in [-0.1, -0.05) is 6.07 Å². The zero-order chi connectivity index (χ0) is 30.6. The van der Waals surface area contributed by atoms with Crippen molar-refractivity contribution < 1.29 is 62.8 Å². The van der Waals surface area contributed by atoms with Crippen LogP contribution in [-0.2, 0) is 49.7 Å². The highest BCUT2D eigenvalue weighted by molar-refractivity contribution is 6.01. The largest absolute Gasteiger partial charge is 0.479 e. The summed E-state index contributed by atoms with van der Waals surface area (Å²) < 4.78 is 15.8. The fourth-order valence-corrected chi connectivity index (χ4v) is 4.07. The van der Waals surface area contributed by atoms with Crippen molar-refractivity contribution in [1.82, 2.24) is 15.7 Å². The molecule has 2 fully saturated rings. The monoisotopic (exact) mass is 593 g/mol. The van der Waals surface area contributed by atoms with Gasteiger partial charge >= 0.3 is 11.9 Å². The quantitative estimate of drug-likeness (QED) is 0.112. The number of carbonyl (C=O) groups is 7. The Morgan fingerprint density at radius 2 is 1.76 bits per heavy atom. The van der Waals surface area contributed by atoms with Gasteiger partial charge in [0.15, 0.2) is 6.10 Å². The first-order valence-electron chi connectivity index (χ1n) is 13.1. The number of imide groups is 1. The van der Waals surface area contributed by atoms with Gasteiger partial charge in [-0.25, -0.2) is 9.59 Å². The number of benzene rings is 1. The topological polar surface area (TPSA) is 224 Å². The van der Waals surface area contributed by atoms with E-state index in [1.165, 1.54) is 18.2 Å². The Morgan fingerprint density at radius 1 is 1.05 bits per heavy atom. The van der Waals surface area contributed by atoms with E-state index >= 15 is 0 Å². The number of rotatable bonds is 15. The van der Waals surface area contributed by atoms with Gasteiger partial charge in [-0.15, -0.1) is 5.06 Å². The minimum atomic E-state index is -1.29. The molecule has 1 aromatic carbocycles. The number of amides is 4. The summed E-state index contributed by atoms with van der Waals surface area (Å²) in [5.74, 6) is -4.28. The molecule has 0 spiro atoms. The van der Waals surface area contributed by atoms with Crippen molar-refractivity contribution in [2.45, 2.75) is 70.1 Å². The second-order valence-electron chi connectivity index (χ2n) is 9.38. The van der Waals surface area contributed by atoms with E-state index in [1.54, 1.807) is 0 Å². The minimum Gasteiger partial charge on any atom is -0.479 e. The van der Waals surface area contributed by atoms with Crippen molar-refractivity contribution in [3.8, 4) is 5.75 Å². The van der Waals surface area contributed by atoms with Crippen LogP contribution in [0.1, 0.15) is 60.9 Å². The standard InChI is InChI=1S/C26H31N3O13/c30-14-39-13-15-4-5-18(40-24-12-16(31)11-19(41-24)26(37)38)17(10-15)25(36)28-9-8-27-20(32)2-1-3-23(35)42-29-21(33)6-7-22(29)34/h4-5,10,14,16,19,24,31H,1-3,6-9,11-13H2,(H,27,32)(H,28,36)(H,37,38)/t16?,19-,24?/m0/s1. The summed E-state index contributed by atoms with van der Waals surface area (Å²) in [4.78, 5) is 86.4. The Balaban J connectivity index is 1.47. The number of hydroxylamine groups is 2. The Kier molecular flexibility index (Phi) is 11.7. The van der Waals surface area contributed by atoms with E-state index in [0.29, 0.717) is 10.6 Å². The molecule has 4 N–H and O–H groups in total. The summed E-state index contributed by atoms with van der Waals surface area (Å²) in [5.41, 5.74) is 0.468. The zero-order valence-electron chi connectivity index (χ0n) is 22.4. The number of carboxylic acids is 1. The molecule has 3 rings (SSSR count). The maximum atomic E-state index is 12.9. The van der Waals surface area contributed by atoms with Crippen molar-refractivity contribution in [2.75, 3.05) is 13.1 Å². The average Bonchev–Trinajstić information content (AvgIpc) is 3.26. The number of aliphatic carboxylic acids is 1. The summed E-state index contributed by atoms with van der Waals surface area (Å²) in [6.45, 7) is 0.153. The molecule has 4 amide bonds. The van der Waals surface area contributed by atoms with Gasteiger partial charge in [0, 0.05) is 51.6 Å². The summed E-state index contributed by atoms with van der Waals surface area (Å²) in [6, 6.07) is 4.35. The fourth-order valence-electron chi connectivity index (χ4n) is 4.07. The minimum absolute atomic E-state index is 0.0000342. The number of hydrogen-bond acceptors (Lipinski definition) is 12. The van der Waals surface area contributed by atoms with E-state index in [0.717, 1.165) is 0 Å². The third kappa shape index (κ3) is 9.52. The lowest BCUT2D eigenvalue weighted by molar-refractivity contribution is -0.197. The normalized spacial score (nSPS) is 20.0. The van der Waals surface area contributed by atoms with Crippen LogP contribution in [0, 0.1) is 0 Å². The van der Waals surface area contributed by atoms with Crippen LogP contribution < -0.4 is 15.4 Å². The second-order valence-corrected chi connectivity index (χ2v) is 9.38. The lowest BCUT2D eigenvalue weighted by Crippen LogP contribution is -2.42. The van der Waals surface area contributed by atoms with Crippen LogP contribution in [0.4, 0.5) is 0 Å². The molecule has 1 aromatic rings. The van der Waals surface area contributed by atoms with Crippen molar-refractivity contribution in [3.05, 3.63) is 29.3 Å². The van der Waals surface area contributed by atoms with E-state index in [1.807, 2.05) is 0 Å². The number of nitrogens with one attached hydrogen (secondary N) is 2. The van der Waals surface area contributed by atoms with E-state index < -0.39 is 54.1 Å². The van der Waals surface area contributed by atoms with E-state index in [9.17, 15) is 43.8 Å². The third-order valence-electron chi connectivity index (χ3n) is 6.12. The SMILES string of the molecule is O=COCc1ccc(OC2CC(O)C[C@@H](C(=O)O)O2)c(C(=O)NCCNC(=O)CCCC(=O)ON2C(=O)CCC2=O)c1. The van der Waals surface area contributed by atoms with Gasteiger partial charge in [0.2, 0.25) is 12.2 Å². The lowest BCUT2D eigenvalue weighted by atomic mass is 10.0. The van der Waals surface area contributed by atoms with Crippen molar-refractivity contribution >= 4 is 42.0 Å². The Hall–Kier alpha value is -4.57. The number of nitrogens with zero attached hydrogens (tertiary/aromatic N) is 1. The molecular weight excluding hydrogens is 562 g/mol. The smallest absolute Gasteiger partial charge is 0.333 e. The molecular formula is C26H31N3O13. The van der Waals surface area contributed by atoms with E-state index in [4.69, 9.17) is 19.0 Å². The van der Waals surface area contributed by atoms with Gasteiger partial charge < -0.3 is 39.9 Å². The maximum Gasteiger partial charge on any atom is 0.333 e. The molecule has 16 nitrogen and oxygen atoms in total. The van der Waals surface area contributed by atoms with Gasteiger partial charge in [0.05, 0.1) is 11.7 Å². The molecule has 3 atom stereocenters. The highest BCUT2D eigenvalue weighted by Gasteiger charge is 2.35.